The third-order valence-electron chi connectivity index (χ3n) is 11.9. The summed E-state index contributed by atoms with van der Waals surface area (Å²) in [6.45, 7) is 5.90. The fourth-order valence-electron chi connectivity index (χ4n) is 9.86. The molecule has 2 saturated heterocycles. The Labute approximate surface area is 248 Å². The average Bonchev–Trinajstić information content (AvgIpc) is 3.70. The summed E-state index contributed by atoms with van der Waals surface area (Å²) in [5.41, 5.74) is 5.00. The zero-order chi connectivity index (χ0) is 27.9. The second-order valence-corrected chi connectivity index (χ2v) is 16.3. The number of hydrogen-bond acceptors (Lipinski definition) is 4. The van der Waals surface area contributed by atoms with Crippen molar-refractivity contribution in [3.8, 4) is 0 Å². The Balaban J connectivity index is 0.931. The fraction of sp³-hybridized carbons (Fsp3) is 0.667. The molecule has 0 aromatic heterocycles. The van der Waals surface area contributed by atoms with Crippen molar-refractivity contribution >= 4 is 15.5 Å². The molecule has 2 aliphatic heterocycles. The number of piperidine rings is 1. The Kier molecular flexibility index (Phi) is 7.96. The molecule has 7 rings (SSSR count). The maximum Gasteiger partial charge on any atom is 0.178 e. The van der Waals surface area contributed by atoms with Crippen LogP contribution in [0.3, 0.4) is 0 Å². The Bertz CT molecular complexity index is 1280. The molecule has 2 aromatic carbocycles. The van der Waals surface area contributed by atoms with E-state index in [1.165, 1.54) is 96.0 Å². The van der Waals surface area contributed by atoms with Crippen LogP contribution in [0.4, 0.5) is 5.69 Å². The molecule has 1 atom stereocenters. The second-order valence-electron chi connectivity index (χ2n) is 14.3. The molecule has 5 aliphatic rings. The first-order valence-corrected chi connectivity index (χ1v) is 18.5. The monoisotopic (exact) mass is 574 g/mol. The summed E-state index contributed by atoms with van der Waals surface area (Å²) in [5, 5.41) is 0. The SMILES string of the molecule is O=S(=O)(CC1CCCC1)c1ccc(N2CC(CN3CCC(C4(C5CCCC5)CCCc5ccccc54)CC3)C2)cc1. The molecule has 2 heterocycles. The van der Waals surface area contributed by atoms with E-state index in [4.69, 9.17) is 0 Å². The zero-order valence-corrected chi connectivity index (χ0v) is 25.8. The van der Waals surface area contributed by atoms with Crippen molar-refractivity contribution in [2.45, 2.75) is 93.8 Å². The van der Waals surface area contributed by atoms with Crippen molar-refractivity contribution in [3.05, 3.63) is 59.7 Å². The number of sulfone groups is 1. The molecule has 3 aliphatic carbocycles. The van der Waals surface area contributed by atoms with Crippen LogP contribution >= 0.6 is 0 Å². The first-order chi connectivity index (χ1) is 20.0. The van der Waals surface area contributed by atoms with E-state index in [9.17, 15) is 8.42 Å². The molecule has 41 heavy (non-hydrogen) atoms. The van der Waals surface area contributed by atoms with E-state index in [0.29, 0.717) is 22.0 Å². The number of benzene rings is 2. The van der Waals surface area contributed by atoms with E-state index in [0.717, 1.165) is 43.7 Å². The molecule has 222 valence electrons. The maximum absolute atomic E-state index is 12.9. The van der Waals surface area contributed by atoms with Gasteiger partial charge in [0.1, 0.15) is 0 Å². The standard InChI is InChI=1S/C36H50N2O2S/c39-41(40,27-28-8-1-2-9-28)34-17-15-33(16-18-34)38-25-29(26-38)24-37-22-19-32(20-23-37)36(31-12-4-5-13-31)21-7-11-30-10-3-6-14-35(30)36/h3,6,10,14-18,28-29,31-32H,1-2,4-5,7-9,11-13,19-27H2. The first-order valence-electron chi connectivity index (χ1n) is 16.9. The van der Waals surface area contributed by atoms with Crippen LogP contribution in [-0.4, -0.2) is 51.8 Å². The van der Waals surface area contributed by atoms with E-state index in [-0.39, 0.29) is 0 Å². The van der Waals surface area contributed by atoms with E-state index < -0.39 is 9.84 Å². The molecule has 0 N–H and O–H groups in total. The Hall–Kier alpha value is -1.85. The molecule has 2 aromatic rings. The lowest BCUT2D eigenvalue weighted by Gasteiger charge is -2.52. The molecule has 0 amide bonds. The Morgan fingerprint density at radius 3 is 2.12 bits per heavy atom. The minimum absolute atomic E-state index is 0.323. The smallest absolute Gasteiger partial charge is 0.178 e. The highest BCUT2D eigenvalue weighted by molar-refractivity contribution is 7.91. The van der Waals surface area contributed by atoms with Gasteiger partial charge in [-0.25, -0.2) is 8.42 Å². The maximum atomic E-state index is 12.9. The third-order valence-corrected chi connectivity index (χ3v) is 13.8. The van der Waals surface area contributed by atoms with Crippen LogP contribution in [0.5, 0.6) is 0 Å². The number of aryl methyl sites for hydroxylation is 1. The summed E-state index contributed by atoms with van der Waals surface area (Å²) in [5.74, 6) is 3.13. The van der Waals surface area contributed by atoms with Gasteiger partial charge >= 0.3 is 0 Å². The molecular weight excluding hydrogens is 524 g/mol. The molecule has 0 spiro atoms. The minimum atomic E-state index is -3.17. The molecule has 2 saturated carbocycles. The van der Waals surface area contributed by atoms with Crippen molar-refractivity contribution in [1.29, 1.82) is 0 Å². The summed E-state index contributed by atoms with van der Waals surface area (Å²) < 4.78 is 25.8. The summed E-state index contributed by atoms with van der Waals surface area (Å²) in [7, 11) is -3.17. The van der Waals surface area contributed by atoms with Gasteiger partial charge in [0.2, 0.25) is 0 Å². The highest BCUT2D eigenvalue weighted by atomic mass is 32.2. The van der Waals surface area contributed by atoms with Gasteiger partial charge < -0.3 is 9.80 Å². The number of nitrogens with zero attached hydrogens (tertiary/aromatic N) is 2. The number of anilines is 1. The highest BCUT2D eigenvalue weighted by Gasteiger charge is 2.49. The summed E-state index contributed by atoms with van der Waals surface area (Å²) >= 11 is 0. The van der Waals surface area contributed by atoms with Crippen LogP contribution in [0, 0.1) is 23.7 Å². The lowest BCUT2D eigenvalue weighted by Crippen LogP contribution is -2.54. The van der Waals surface area contributed by atoms with E-state index in [1.807, 2.05) is 24.3 Å². The van der Waals surface area contributed by atoms with Crippen LogP contribution in [-0.2, 0) is 21.7 Å². The molecule has 0 bridgehead atoms. The summed E-state index contributed by atoms with van der Waals surface area (Å²) in [4.78, 5) is 5.69. The number of rotatable bonds is 8. The Morgan fingerprint density at radius 2 is 1.39 bits per heavy atom. The quantitative estimate of drug-likeness (QED) is 0.333. The van der Waals surface area contributed by atoms with Crippen LogP contribution in [0.25, 0.3) is 0 Å². The number of hydrogen-bond donors (Lipinski definition) is 0. The van der Waals surface area contributed by atoms with E-state index >= 15 is 0 Å². The summed E-state index contributed by atoms with van der Waals surface area (Å²) in [6, 6.07) is 17.3. The van der Waals surface area contributed by atoms with Crippen molar-refractivity contribution in [3.63, 3.8) is 0 Å². The fourth-order valence-corrected chi connectivity index (χ4v) is 11.6. The topological polar surface area (TPSA) is 40.6 Å². The van der Waals surface area contributed by atoms with Crippen molar-refractivity contribution < 1.29 is 8.42 Å². The van der Waals surface area contributed by atoms with Crippen molar-refractivity contribution in [2.24, 2.45) is 23.7 Å². The van der Waals surface area contributed by atoms with Gasteiger partial charge in [0.25, 0.3) is 0 Å². The van der Waals surface area contributed by atoms with Crippen molar-refractivity contribution in [2.75, 3.05) is 43.4 Å². The molecule has 4 fully saturated rings. The largest absolute Gasteiger partial charge is 0.371 e. The molecule has 5 heteroatoms. The molecule has 0 radical (unpaired) electrons. The third kappa shape index (κ3) is 5.51. The predicted octanol–water partition coefficient (Wildman–Crippen LogP) is 7.26. The Morgan fingerprint density at radius 1 is 0.732 bits per heavy atom. The van der Waals surface area contributed by atoms with Gasteiger partial charge in [-0.15, -0.1) is 0 Å². The van der Waals surface area contributed by atoms with Crippen LogP contribution in [0.2, 0.25) is 0 Å². The molecule has 1 unspecified atom stereocenters. The first kappa shape index (κ1) is 28.0. The molecular formula is C36H50N2O2S. The normalized spacial score (nSPS) is 27.3. The average molecular weight is 575 g/mol. The van der Waals surface area contributed by atoms with Gasteiger partial charge in [-0.2, -0.15) is 0 Å². The highest BCUT2D eigenvalue weighted by Crippen LogP contribution is 2.55. The van der Waals surface area contributed by atoms with Gasteiger partial charge in [-0.3, -0.25) is 0 Å². The predicted molar refractivity (Wildman–Crippen MR) is 168 cm³/mol. The van der Waals surface area contributed by atoms with Gasteiger partial charge in [-0.1, -0.05) is 49.9 Å². The van der Waals surface area contributed by atoms with Crippen LogP contribution < -0.4 is 4.90 Å². The zero-order valence-electron chi connectivity index (χ0n) is 25.0. The van der Waals surface area contributed by atoms with Gasteiger partial charge in [-0.05, 0) is 124 Å². The van der Waals surface area contributed by atoms with Crippen molar-refractivity contribution in [1.82, 2.24) is 4.90 Å². The van der Waals surface area contributed by atoms with Gasteiger partial charge in [0.15, 0.2) is 9.84 Å². The van der Waals surface area contributed by atoms with E-state index in [1.54, 1.807) is 11.1 Å². The number of fused-ring (bicyclic) bond motifs is 1. The second kappa shape index (κ2) is 11.7. The number of likely N-dealkylation sites (tertiary alicyclic amines) is 1. The lowest BCUT2D eigenvalue weighted by atomic mass is 9.54. The minimum Gasteiger partial charge on any atom is -0.371 e. The van der Waals surface area contributed by atoms with Crippen LogP contribution in [0.1, 0.15) is 88.2 Å². The van der Waals surface area contributed by atoms with Crippen LogP contribution in [0.15, 0.2) is 53.4 Å². The van der Waals surface area contributed by atoms with Gasteiger partial charge in [0, 0.05) is 36.7 Å². The van der Waals surface area contributed by atoms with E-state index in [2.05, 4.69) is 34.1 Å². The summed E-state index contributed by atoms with van der Waals surface area (Å²) in [6.07, 6.45) is 17.0. The lowest BCUT2D eigenvalue weighted by molar-refractivity contribution is 0.0648. The molecule has 4 nitrogen and oxygen atoms in total. The van der Waals surface area contributed by atoms with Gasteiger partial charge in [0.05, 0.1) is 10.6 Å².